The standard InChI is InChI=1S/C26H25N3O6/c1-31-19-15-20(35-25-27-13-8-14-28-25)23(24(30)34-17-18-9-5-4-6-10-18)26(16-19,33-3)21-11-7-12-22(29-21)32-2/h4-16,23H,17H2,1-3H3. The van der Waals surface area contributed by atoms with Crippen LogP contribution < -0.4 is 9.47 Å². The van der Waals surface area contributed by atoms with Crippen LogP contribution in [0.25, 0.3) is 0 Å². The molecular weight excluding hydrogens is 450 g/mol. The Balaban J connectivity index is 1.79. The summed E-state index contributed by atoms with van der Waals surface area (Å²) in [5.74, 6) is -0.756. The minimum atomic E-state index is -1.44. The van der Waals surface area contributed by atoms with Crippen molar-refractivity contribution in [3.05, 3.63) is 102 Å². The van der Waals surface area contributed by atoms with Crippen LogP contribution in [-0.4, -0.2) is 42.3 Å². The van der Waals surface area contributed by atoms with E-state index in [1.165, 1.54) is 33.7 Å². The molecule has 2 heterocycles. The fraction of sp³-hybridized carbons (Fsp3) is 0.231. The number of ether oxygens (including phenoxy) is 5. The number of pyridine rings is 1. The first-order valence-corrected chi connectivity index (χ1v) is 10.8. The van der Waals surface area contributed by atoms with Gasteiger partial charge in [0, 0.05) is 31.6 Å². The van der Waals surface area contributed by atoms with Crippen molar-refractivity contribution >= 4 is 5.97 Å². The molecule has 0 radical (unpaired) electrons. The van der Waals surface area contributed by atoms with Gasteiger partial charge in [-0.2, -0.15) is 0 Å². The predicted octanol–water partition coefficient (Wildman–Crippen LogP) is 3.59. The number of aromatic nitrogens is 3. The molecule has 1 aliphatic carbocycles. The third-order valence-electron chi connectivity index (χ3n) is 5.47. The van der Waals surface area contributed by atoms with Crippen LogP contribution >= 0.6 is 0 Å². The molecule has 0 aliphatic heterocycles. The second-order valence-corrected chi connectivity index (χ2v) is 7.52. The van der Waals surface area contributed by atoms with Crippen molar-refractivity contribution in [1.82, 2.24) is 15.0 Å². The SMILES string of the molecule is COC1=CC(OC)(c2cccc(OC)n2)C(C(=O)OCc2ccccc2)C(Oc2ncccn2)=C1. The first-order valence-electron chi connectivity index (χ1n) is 10.8. The lowest BCUT2D eigenvalue weighted by atomic mass is 9.78. The topological polar surface area (TPSA) is 102 Å². The van der Waals surface area contributed by atoms with Crippen molar-refractivity contribution in [3.63, 3.8) is 0 Å². The van der Waals surface area contributed by atoms with Gasteiger partial charge in [0.25, 0.3) is 0 Å². The number of rotatable bonds is 9. The van der Waals surface area contributed by atoms with Gasteiger partial charge in [-0.05, 0) is 23.8 Å². The van der Waals surface area contributed by atoms with Crippen LogP contribution in [0.5, 0.6) is 11.9 Å². The van der Waals surface area contributed by atoms with Crippen molar-refractivity contribution in [1.29, 1.82) is 0 Å². The highest BCUT2D eigenvalue weighted by atomic mass is 16.6. The zero-order valence-corrected chi connectivity index (χ0v) is 19.6. The average Bonchev–Trinajstić information content (AvgIpc) is 2.92. The molecule has 0 fully saturated rings. The van der Waals surface area contributed by atoms with Gasteiger partial charge in [0.2, 0.25) is 5.88 Å². The van der Waals surface area contributed by atoms with Gasteiger partial charge < -0.3 is 23.7 Å². The third kappa shape index (κ3) is 5.15. The molecule has 9 heteroatoms. The maximum absolute atomic E-state index is 13.7. The number of esters is 1. The molecule has 1 aliphatic rings. The molecule has 0 amide bonds. The van der Waals surface area contributed by atoms with E-state index >= 15 is 0 Å². The Bertz CT molecular complexity index is 1220. The lowest BCUT2D eigenvalue weighted by Crippen LogP contribution is -2.45. The Morgan fingerprint density at radius 3 is 2.40 bits per heavy atom. The summed E-state index contributed by atoms with van der Waals surface area (Å²) in [6, 6.07) is 16.3. The minimum absolute atomic E-state index is 0.0561. The molecule has 3 aromatic rings. The fourth-order valence-electron chi connectivity index (χ4n) is 3.77. The molecule has 0 spiro atoms. The molecule has 0 saturated heterocycles. The van der Waals surface area contributed by atoms with Crippen molar-refractivity contribution in [2.75, 3.05) is 21.3 Å². The summed E-state index contributed by atoms with van der Waals surface area (Å²) >= 11 is 0. The van der Waals surface area contributed by atoms with Crippen LogP contribution in [0.3, 0.4) is 0 Å². The van der Waals surface area contributed by atoms with Gasteiger partial charge in [0.15, 0.2) is 11.5 Å². The minimum Gasteiger partial charge on any atom is -0.497 e. The van der Waals surface area contributed by atoms with Crippen LogP contribution in [0.1, 0.15) is 11.3 Å². The quantitative estimate of drug-likeness (QED) is 0.430. The summed E-state index contributed by atoms with van der Waals surface area (Å²) in [6.07, 6.45) is 6.33. The first-order chi connectivity index (χ1) is 17.1. The average molecular weight is 476 g/mol. The van der Waals surface area contributed by atoms with Gasteiger partial charge in [0.05, 0.1) is 19.9 Å². The Kier molecular flexibility index (Phi) is 7.37. The van der Waals surface area contributed by atoms with Crippen LogP contribution in [0, 0.1) is 5.92 Å². The number of carbonyl (C=O) groups excluding carboxylic acids is 1. The molecule has 0 bridgehead atoms. The molecule has 2 aromatic heterocycles. The van der Waals surface area contributed by atoms with E-state index in [9.17, 15) is 4.79 Å². The van der Waals surface area contributed by atoms with Gasteiger partial charge in [0.1, 0.15) is 18.1 Å². The summed E-state index contributed by atoms with van der Waals surface area (Å²) < 4.78 is 28.6. The lowest BCUT2D eigenvalue weighted by molar-refractivity contribution is -0.159. The highest BCUT2D eigenvalue weighted by Gasteiger charge is 2.52. The second-order valence-electron chi connectivity index (χ2n) is 7.52. The maximum Gasteiger partial charge on any atom is 0.321 e. The van der Waals surface area contributed by atoms with Crippen LogP contribution in [0.2, 0.25) is 0 Å². The molecule has 4 rings (SSSR count). The molecule has 35 heavy (non-hydrogen) atoms. The Labute approximate surface area is 203 Å². The number of carbonyl (C=O) groups is 1. The summed E-state index contributed by atoms with van der Waals surface area (Å²) in [7, 11) is 4.49. The van der Waals surface area contributed by atoms with Crippen LogP contribution in [-0.2, 0) is 31.2 Å². The zero-order valence-electron chi connectivity index (χ0n) is 19.6. The van der Waals surface area contributed by atoms with Crippen molar-refractivity contribution in [2.45, 2.75) is 12.2 Å². The van der Waals surface area contributed by atoms with Crippen molar-refractivity contribution in [2.24, 2.45) is 5.92 Å². The van der Waals surface area contributed by atoms with E-state index in [2.05, 4.69) is 15.0 Å². The van der Waals surface area contributed by atoms with E-state index in [1.807, 2.05) is 30.3 Å². The molecule has 2 unspecified atom stereocenters. The maximum atomic E-state index is 13.7. The summed E-state index contributed by atoms with van der Waals surface area (Å²) in [6.45, 7) is 0.0669. The Hall–Kier alpha value is -4.24. The molecule has 180 valence electrons. The number of hydrogen-bond donors (Lipinski definition) is 0. The molecule has 2 atom stereocenters. The fourth-order valence-corrected chi connectivity index (χ4v) is 3.77. The van der Waals surface area contributed by atoms with E-state index in [1.54, 1.807) is 36.4 Å². The van der Waals surface area contributed by atoms with Gasteiger partial charge in [-0.25, -0.2) is 15.0 Å². The number of allylic oxidation sites excluding steroid dienone is 1. The number of benzene rings is 1. The van der Waals surface area contributed by atoms with E-state index in [-0.39, 0.29) is 18.4 Å². The number of methoxy groups -OCH3 is 3. The largest absolute Gasteiger partial charge is 0.497 e. The lowest BCUT2D eigenvalue weighted by Gasteiger charge is -2.38. The molecule has 1 aromatic carbocycles. The highest BCUT2D eigenvalue weighted by Crippen LogP contribution is 2.44. The van der Waals surface area contributed by atoms with Crippen molar-refractivity contribution in [3.8, 4) is 11.9 Å². The summed E-state index contributed by atoms with van der Waals surface area (Å²) in [4.78, 5) is 26.5. The van der Waals surface area contributed by atoms with Gasteiger partial charge in [-0.3, -0.25) is 4.79 Å². The molecule has 9 nitrogen and oxygen atoms in total. The second kappa shape index (κ2) is 10.8. The highest BCUT2D eigenvalue weighted by molar-refractivity contribution is 5.79. The van der Waals surface area contributed by atoms with Crippen LogP contribution in [0.4, 0.5) is 0 Å². The smallest absolute Gasteiger partial charge is 0.321 e. The predicted molar refractivity (Wildman–Crippen MR) is 125 cm³/mol. The van der Waals surface area contributed by atoms with Gasteiger partial charge >= 0.3 is 12.0 Å². The molecule has 0 N–H and O–H groups in total. The van der Waals surface area contributed by atoms with Crippen molar-refractivity contribution < 1.29 is 28.5 Å². The van der Waals surface area contributed by atoms with E-state index in [4.69, 9.17) is 23.7 Å². The van der Waals surface area contributed by atoms with Gasteiger partial charge in [-0.15, -0.1) is 0 Å². The molecule has 0 saturated carbocycles. The number of hydrogen-bond acceptors (Lipinski definition) is 9. The normalized spacial score (nSPS) is 19.2. The Morgan fingerprint density at radius 2 is 1.71 bits per heavy atom. The summed E-state index contributed by atoms with van der Waals surface area (Å²) in [5.41, 5.74) is -0.198. The van der Waals surface area contributed by atoms with Gasteiger partial charge in [-0.1, -0.05) is 36.4 Å². The Morgan fingerprint density at radius 1 is 0.943 bits per heavy atom. The summed E-state index contributed by atoms with van der Waals surface area (Å²) in [5, 5.41) is 0. The number of nitrogens with zero attached hydrogens (tertiary/aromatic N) is 3. The van der Waals surface area contributed by atoms with E-state index in [0.29, 0.717) is 17.3 Å². The van der Waals surface area contributed by atoms with Crippen LogP contribution in [0.15, 0.2) is 90.7 Å². The third-order valence-corrected chi connectivity index (χ3v) is 5.47. The zero-order chi connectivity index (χ0) is 24.7. The first kappa shape index (κ1) is 23.9. The monoisotopic (exact) mass is 475 g/mol. The van der Waals surface area contributed by atoms with E-state index in [0.717, 1.165) is 5.56 Å². The van der Waals surface area contributed by atoms with E-state index < -0.39 is 17.5 Å². The molecular formula is C26H25N3O6.